The van der Waals surface area contributed by atoms with Crippen LogP contribution in [0, 0.1) is 0 Å². The number of ether oxygens (including phenoxy) is 3. The lowest BCUT2D eigenvalue weighted by molar-refractivity contribution is -0.143. The second kappa shape index (κ2) is 12.8. The zero-order valence-electron chi connectivity index (χ0n) is 24.3. The molecule has 0 unspecified atom stereocenters. The Labute approximate surface area is 248 Å². The molecule has 1 fully saturated rings. The molecule has 1 saturated heterocycles. The van der Waals surface area contributed by atoms with Crippen molar-refractivity contribution in [1.29, 1.82) is 0 Å². The van der Waals surface area contributed by atoms with Gasteiger partial charge >= 0.3 is 5.97 Å². The number of carbonyl (C=O) groups is 2. The number of amides is 1. The van der Waals surface area contributed by atoms with Crippen molar-refractivity contribution >= 4 is 29.3 Å². The van der Waals surface area contributed by atoms with Gasteiger partial charge < -0.3 is 19.1 Å². The zero-order valence-corrected chi connectivity index (χ0v) is 25.1. The number of carbonyl (C=O) groups excluding carboxylic acids is 2. The van der Waals surface area contributed by atoms with E-state index in [2.05, 4.69) is 4.99 Å². The second-order valence-electron chi connectivity index (χ2n) is 10.5. The molecule has 0 N–H and O–H groups in total. The molecule has 0 radical (unpaired) electrons. The summed E-state index contributed by atoms with van der Waals surface area (Å²) in [5.74, 6) is 0.777. The highest BCUT2D eigenvalue weighted by Gasteiger charge is 2.33. The van der Waals surface area contributed by atoms with Gasteiger partial charge in [0.25, 0.3) is 11.5 Å². The molecule has 10 heteroatoms. The van der Waals surface area contributed by atoms with E-state index in [1.165, 1.54) is 11.3 Å². The quantitative estimate of drug-likeness (QED) is 0.354. The van der Waals surface area contributed by atoms with Crippen LogP contribution < -0.4 is 24.4 Å². The fourth-order valence-corrected chi connectivity index (χ4v) is 6.15. The van der Waals surface area contributed by atoms with Gasteiger partial charge in [0.15, 0.2) is 11.4 Å². The third-order valence-corrected chi connectivity index (χ3v) is 8.07. The predicted molar refractivity (Wildman–Crippen MR) is 160 cm³/mol. The summed E-state index contributed by atoms with van der Waals surface area (Å²) in [7, 11) is 0. The molecule has 0 spiro atoms. The van der Waals surface area contributed by atoms with E-state index in [-0.39, 0.29) is 24.2 Å². The first-order chi connectivity index (χ1) is 20.2. The zero-order chi connectivity index (χ0) is 29.8. The molecule has 2 aromatic carbocycles. The first-order valence-corrected chi connectivity index (χ1v) is 15.0. The van der Waals surface area contributed by atoms with Crippen molar-refractivity contribution in [1.82, 2.24) is 9.47 Å². The van der Waals surface area contributed by atoms with Gasteiger partial charge in [0.2, 0.25) is 0 Å². The first-order valence-electron chi connectivity index (χ1n) is 14.2. The molecule has 3 heterocycles. The Kier molecular flexibility index (Phi) is 8.91. The van der Waals surface area contributed by atoms with Crippen LogP contribution in [-0.4, -0.2) is 53.8 Å². The van der Waals surface area contributed by atoms with Crippen molar-refractivity contribution in [2.75, 3.05) is 26.3 Å². The number of rotatable bonds is 9. The lowest BCUT2D eigenvalue weighted by Crippen LogP contribution is -2.40. The van der Waals surface area contributed by atoms with Gasteiger partial charge in [-0.2, -0.15) is 0 Å². The summed E-state index contributed by atoms with van der Waals surface area (Å²) in [6.07, 6.45) is 3.54. The molecule has 0 saturated carbocycles. The van der Waals surface area contributed by atoms with Gasteiger partial charge in [0.1, 0.15) is 11.5 Å². The van der Waals surface area contributed by atoms with Crippen LogP contribution in [0.1, 0.15) is 57.7 Å². The number of aromatic nitrogens is 1. The molecule has 1 amide bonds. The number of fused-ring (bicyclic) bond motifs is 1. The van der Waals surface area contributed by atoms with Crippen molar-refractivity contribution in [2.45, 2.75) is 52.7 Å². The molecule has 2 aliphatic heterocycles. The van der Waals surface area contributed by atoms with Crippen molar-refractivity contribution in [3.05, 3.63) is 90.6 Å². The van der Waals surface area contributed by atoms with Crippen LogP contribution in [-0.2, 0) is 14.3 Å². The lowest BCUT2D eigenvalue weighted by Gasteiger charge is -2.25. The number of hydrogen-bond acceptors (Lipinski definition) is 8. The summed E-state index contributed by atoms with van der Waals surface area (Å²) in [4.78, 5) is 46.4. The highest BCUT2D eigenvalue weighted by atomic mass is 32.1. The molecule has 1 atom stereocenters. The standard InChI is InChI=1S/C32H35N3O6S/c1-5-39-24-14-10-23(11-15-24)29-28(31(38)41-20(2)3)21(4)33-32-35(29)30(37)26(42-32)18-22-8-12-25(13-9-22)40-19-27(36)34-16-6-7-17-34/h8-15,18,20,29H,5-7,16-17,19H2,1-4H3/b26-18-/t29-/m0/s1. The number of likely N-dealkylation sites (tertiary alicyclic amines) is 1. The second-order valence-corrected chi connectivity index (χ2v) is 11.5. The Morgan fingerprint density at radius 3 is 2.31 bits per heavy atom. The van der Waals surface area contributed by atoms with E-state index < -0.39 is 12.0 Å². The molecule has 1 aromatic heterocycles. The maximum Gasteiger partial charge on any atom is 0.338 e. The topological polar surface area (TPSA) is 99.4 Å². The molecule has 5 rings (SSSR count). The molecule has 220 valence electrons. The van der Waals surface area contributed by atoms with E-state index in [4.69, 9.17) is 14.2 Å². The van der Waals surface area contributed by atoms with Crippen LogP contribution in [0.4, 0.5) is 0 Å². The van der Waals surface area contributed by atoms with E-state index in [9.17, 15) is 14.4 Å². The van der Waals surface area contributed by atoms with E-state index in [1.54, 1.807) is 43.5 Å². The van der Waals surface area contributed by atoms with Gasteiger partial charge in [-0.3, -0.25) is 14.2 Å². The molecule has 0 aliphatic carbocycles. The van der Waals surface area contributed by atoms with E-state index >= 15 is 0 Å². The van der Waals surface area contributed by atoms with Crippen LogP contribution in [0.25, 0.3) is 6.08 Å². The van der Waals surface area contributed by atoms with Crippen LogP contribution in [0.3, 0.4) is 0 Å². The monoisotopic (exact) mass is 589 g/mol. The Balaban J connectivity index is 1.46. The summed E-state index contributed by atoms with van der Waals surface area (Å²) >= 11 is 1.27. The number of benzene rings is 2. The predicted octanol–water partition coefficient (Wildman–Crippen LogP) is 3.59. The van der Waals surface area contributed by atoms with Crippen molar-refractivity contribution in [3.63, 3.8) is 0 Å². The van der Waals surface area contributed by atoms with Crippen LogP contribution in [0.5, 0.6) is 11.5 Å². The third-order valence-electron chi connectivity index (χ3n) is 7.09. The van der Waals surface area contributed by atoms with Gasteiger partial charge in [-0.1, -0.05) is 35.6 Å². The Hall–Kier alpha value is -4.18. The van der Waals surface area contributed by atoms with Crippen molar-refractivity contribution in [2.24, 2.45) is 4.99 Å². The SMILES string of the molecule is CCOc1ccc([C@H]2C(C(=O)OC(C)C)=C(C)N=c3s/c(=C\c4ccc(OCC(=O)N5CCCC5)cc4)c(=O)n32)cc1. The fraction of sp³-hybridized carbons (Fsp3) is 0.375. The van der Waals surface area contributed by atoms with E-state index in [1.807, 2.05) is 48.2 Å². The van der Waals surface area contributed by atoms with Crippen LogP contribution in [0.2, 0.25) is 0 Å². The maximum atomic E-state index is 13.9. The third kappa shape index (κ3) is 6.33. The van der Waals surface area contributed by atoms with Gasteiger partial charge in [0.05, 0.1) is 34.6 Å². The fourth-order valence-electron chi connectivity index (χ4n) is 5.10. The minimum atomic E-state index is -0.700. The first kappa shape index (κ1) is 29.3. The van der Waals surface area contributed by atoms with Crippen molar-refractivity contribution < 1.29 is 23.8 Å². The molecule has 0 bridgehead atoms. The van der Waals surface area contributed by atoms with Gasteiger partial charge in [-0.15, -0.1) is 0 Å². The Bertz CT molecular complexity index is 1660. The highest BCUT2D eigenvalue weighted by molar-refractivity contribution is 7.07. The maximum absolute atomic E-state index is 13.9. The molecule has 3 aromatic rings. The minimum Gasteiger partial charge on any atom is -0.494 e. The molecule has 2 aliphatic rings. The largest absolute Gasteiger partial charge is 0.494 e. The van der Waals surface area contributed by atoms with Crippen LogP contribution >= 0.6 is 11.3 Å². The smallest absolute Gasteiger partial charge is 0.338 e. The number of thiazole rings is 1. The Morgan fingerprint density at radius 1 is 1.02 bits per heavy atom. The molecular formula is C32H35N3O6S. The number of nitrogens with zero attached hydrogens (tertiary/aromatic N) is 3. The summed E-state index contributed by atoms with van der Waals surface area (Å²) in [6.45, 7) is 9.37. The average Bonchev–Trinajstić information content (AvgIpc) is 3.61. The van der Waals surface area contributed by atoms with Gasteiger partial charge in [0, 0.05) is 13.1 Å². The summed E-state index contributed by atoms with van der Waals surface area (Å²) in [5.41, 5.74) is 2.14. The van der Waals surface area contributed by atoms with Gasteiger partial charge in [-0.25, -0.2) is 9.79 Å². The summed E-state index contributed by atoms with van der Waals surface area (Å²) < 4.78 is 18.9. The lowest BCUT2D eigenvalue weighted by atomic mass is 9.96. The number of hydrogen-bond donors (Lipinski definition) is 0. The summed E-state index contributed by atoms with van der Waals surface area (Å²) in [5, 5.41) is 0. The molecular weight excluding hydrogens is 554 g/mol. The Morgan fingerprint density at radius 2 is 1.67 bits per heavy atom. The molecule has 42 heavy (non-hydrogen) atoms. The van der Waals surface area contributed by atoms with E-state index in [0.717, 1.165) is 37.1 Å². The normalized spacial score (nSPS) is 16.8. The minimum absolute atomic E-state index is 0.00439. The highest BCUT2D eigenvalue weighted by Crippen LogP contribution is 2.32. The number of allylic oxidation sites excluding steroid dienone is 1. The van der Waals surface area contributed by atoms with Crippen LogP contribution in [0.15, 0.2) is 69.6 Å². The molecule has 9 nitrogen and oxygen atoms in total. The summed E-state index contributed by atoms with van der Waals surface area (Å²) in [6, 6.07) is 13.9. The van der Waals surface area contributed by atoms with Crippen molar-refractivity contribution in [3.8, 4) is 11.5 Å². The average molecular weight is 590 g/mol. The number of esters is 1. The van der Waals surface area contributed by atoms with Gasteiger partial charge in [-0.05, 0) is 82.0 Å². The van der Waals surface area contributed by atoms with E-state index in [0.29, 0.717) is 38.7 Å².